The fourth-order valence-corrected chi connectivity index (χ4v) is 2.52. The summed E-state index contributed by atoms with van der Waals surface area (Å²) in [5.41, 5.74) is 0. The van der Waals surface area contributed by atoms with Crippen LogP contribution >= 0.6 is 22.9 Å². The van der Waals surface area contributed by atoms with Gasteiger partial charge in [-0.25, -0.2) is 15.4 Å². The third-order valence-corrected chi connectivity index (χ3v) is 3.31. The van der Waals surface area contributed by atoms with Gasteiger partial charge in [0.1, 0.15) is 13.5 Å². The van der Waals surface area contributed by atoms with Crippen LogP contribution in [-0.4, -0.2) is 57.0 Å². The molecule has 1 aliphatic heterocycles. The number of hydrogen-bond donors (Lipinski definition) is 2. The lowest BCUT2D eigenvalue weighted by Gasteiger charge is -2.36. The predicted molar refractivity (Wildman–Crippen MR) is 64.1 cm³/mol. The fraction of sp³-hybridized carbons (Fsp3) is 0.500. The van der Waals surface area contributed by atoms with Crippen LogP contribution in [0.3, 0.4) is 0 Å². The van der Waals surface area contributed by atoms with E-state index in [1.165, 1.54) is 11.3 Å². The van der Waals surface area contributed by atoms with Crippen LogP contribution in [0.25, 0.3) is 0 Å². The molecule has 1 saturated heterocycles. The molecule has 1 aliphatic rings. The summed E-state index contributed by atoms with van der Waals surface area (Å²) in [5.74, 6) is 0.385. The first-order valence-electron chi connectivity index (χ1n) is 4.97. The molecule has 18 heavy (non-hydrogen) atoms. The first-order valence-corrected chi connectivity index (χ1v) is 6.16. The van der Waals surface area contributed by atoms with Crippen molar-refractivity contribution in [3.8, 4) is 0 Å². The third-order valence-electron chi connectivity index (χ3n) is 2.21. The number of aromatic nitrogens is 1. The molecule has 0 bridgehead atoms. The summed E-state index contributed by atoms with van der Waals surface area (Å²) in [6.07, 6.45) is 1.66. The number of nitrogens with zero attached hydrogens (tertiary/aromatic N) is 5. The minimum Gasteiger partial charge on any atom is -0.341 e. The molecular formula is C8H12ClN5O3S. The van der Waals surface area contributed by atoms with E-state index >= 15 is 0 Å². The van der Waals surface area contributed by atoms with Gasteiger partial charge in [0.2, 0.25) is 5.96 Å². The smallest absolute Gasteiger partial charge is 0.228 e. The SMILES string of the molecule is CN1COCN(Cc2cnc(Cl)s2)C1=NN(O)O. The maximum Gasteiger partial charge on any atom is 0.228 e. The molecule has 0 spiro atoms. The number of hydrogen-bond acceptors (Lipinski definition) is 7. The summed E-state index contributed by atoms with van der Waals surface area (Å²) in [6, 6.07) is 0. The molecule has 0 aromatic carbocycles. The predicted octanol–water partition coefficient (Wildman–Crippen LogP) is 0.827. The first kappa shape index (κ1) is 13.3. The van der Waals surface area contributed by atoms with Gasteiger partial charge in [0.05, 0.1) is 6.54 Å². The molecule has 10 heteroatoms. The Bertz CT molecular complexity index is 440. The molecule has 0 unspecified atom stereocenters. The van der Waals surface area contributed by atoms with Crippen LogP contribution in [0.4, 0.5) is 0 Å². The van der Waals surface area contributed by atoms with E-state index in [1.54, 1.807) is 23.0 Å². The zero-order chi connectivity index (χ0) is 13.1. The Labute approximate surface area is 112 Å². The van der Waals surface area contributed by atoms with Gasteiger partial charge in [0, 0.05) is 18.1 Å². The van der Waals surface area contributed by atoms with Gasteiger partial charge in [-0.15, -0.1) is 11.3 Å². The van der Waals surface area contributed by atoms with Crippen molar-refractivity contribution in [1.82, 2.24) is 20.1 Å². The highest BCUT2D eigenvalue weighted by Crippen LogP contribution is 2.20. The summed E-state index contributed by atoms with van der Waals surface area (Å²) in [4.78, 5) is 8.24. The van der Waals surface area contributed by atoms with Crippen LogP contribution in [0, 0.1) is 0 Å². The lowest BCUT2D eigenvalue weighted by Crippen LogP contribution is -2.49. The topological polar surface area (TPSA) is 84.7 Å². The Morgan fingerprint density at radius 2 is 2.39 bits per heavy atom. The lowest BCUT2D eigenvalue weighted by atomic mass is 10.5. The Hall–Kier alpha value is -1.13. The second-order valence-corrected chi connectivity index (χ2v) is 5.30. The minimum atomic E-state index is -0.218. The molecule has 0 aliphatic carbocycles. The molecule has 0 amide bonds. The standard InChI is InChI=1S/C8H12ClN5O3S/c1-12-4-17-5-13(8(12)11-14(15)16)3-6-2-10-7(9)18-6/h2,15-16H,3-5H2,1H3. The average Bonchev–Trinajstić information content (AvgIpc) is 2.69. The number of ether oxygens (including phenoxy) is 1. The molecule has 2 rings (SSSR count). The Balaban J connectivity index is 2.13. The summed E-state index contributed by atoms with van der Waals surface area (Å²) in [6.45, 7) is 1.10. The molecule has 0 atom stereocenters. The van der Waals surface area contributed by atoms with Crippen LogP contribution in [0.15, 0.2) is 11.3 Å². The second-order valence-electron chi connectivity index (χ2n) is 3.61. The van der Waals surface area contributed by atoms with Gasteiger partial charge in [0.15, 0.2) is 4.47 Å². The van der Waals surface area contributed by atoms with Gasteiger partial charge in [-0.1, -0.05) is 16.7 Å². The molecule has 1 aromatic rings. The van der Waals surface area contributed by atoms with Gasteiger partial charge in [-0.05, 0) is 5.34 Å². The quantitative estimate of drug-likeness (QED) is 0.798. The van der Waals surface area contributed by atoms with Crippen LogP contribution in [0.5, 0.6) is 0 Å². The molecule has 2 N–H and O–H groups in total. The van der Waals surface area contributed by atoms with Crippen molar-refractivity contribution in [3.05, 3.63) is 15.5 Å². The molecule has 2 heterocycles. The molecule has 0 radical (unpaired) electrons. The molecule has 100 valence electrons. The van der Waals surface area contributed by atoms with Crippen molar-refractivity contribution in [2.75, 3.05) is 20.5 Å². The summed E-state index contributed by atoms with van der Waals surface area (Å²) >= 11 is 7.10. The van der Waals surface area contributed by atoms with Gasteiger partial charge >= 0.3 is 0 Å². The maximum atomic E-state index is 8.79. The van der Waals surface area contributed by atoms with Gasteiger partial charge in [0.25, 0.3) is 0 Å². The zero-order valence-electron chi connectivity index (χ0n) is 9.52. The van der Waals surface area contributed by atoms with Crippen molar-refractivity contribution < 1.29 is 15.2 Å². The van der Waals surface area contributed by atoms with Crippen molar-refractivity contribution in [1.29, 1.82) is 0 Å². The number of halogens is 1. The number of guanidine groups is 1. The minimum absolute atomic E-state index is 0.218. The molecular weight excluding hydrogens is 282 g/mol. The van der Waals surface area contributed by atoms with E-state index in [9.17, 15) is 0 Å². The number of rotatable bonds is 3. The Kier molecular flexibility index (Phi) is 4.19. The highest BCUT2D eigenvalue weighted by Gasteiger charge is 2.23. The van der Waals surface area contributed by atoms with E-state index in [1.807, 2.05) is 0 Å². The molecule has 0 saturated carbocycles. The lowest BCUT2D eigenvalue weighted by molar-refractivity contribution is -0.309. The maximum absolute atomic E-state index is 8.79. The van der Waals surface area contributed by atoms with Crippen molar-refractivity contribution in [2.45, 2.75) is 6.54 Å². The third kappa shape index (κ3) is 3.21. The fourth-order valence-electron chi connectivity index (χ4n) is 1.53. The van der Waals surface area contributed by atoms with E-state index in [2.05, 4.69) is 10.1 Å². The van der Waals surface area contributed by atoms with Crippen molar-refractivity contribution in [2.24, 2.45) is 5.10 Å². The van der Waals surface area contributed by atoms with Crippen molar-refractivity contribution >= 4 is 28.9 Å². The average molecular weight is 294 g/mol. The van der Waals surface area contributed by atoms with Crippen LogP contribution in [0.2, 0.25) is 4.47 Å². The van der Waals surface area contributed by atoms with E-state index in [0.717, 1.165) is 4.88 Å². The highest BCUT2D eigenvalue weighted by atomic mass is 35.5. The van der Waals surface area contributed by atoms with E-state index in [0.29, 0.717) is 30.4 Å². The molecule has 8 nitrogen and oxygen atoms in total. The Morgan fingerprint density at radius 1 is 1.61 bits per heavy atom. The summed E-state index contributed by atoms with van der Waals surface area (Å²) in [7, 11) is 1.73. The highest BCUT2D eigenvalue weighted by molar-refractivity contribution is 7.15. The molecule has 1 aromatic heterocycles. The van der Waals surface area contributed by atoms with Crippen LogP contribution in [0.1, 0.15) is 4.88 Å². The van der Waals surface area contributed by atoms with E-state index in [4.69, 9.17) is 26.8 Å². The summed E-state index contributed by atoms with van der Waals surface area (Å²) in [5, 5.41) is 20.9. The largest absolute Gasteiger partial charge is 0.341 e. The monoisotopic (exact) mass is 293 g/mol. The number of thiazole rings is 1. The number of hydrazone groups is 1. The van der Waals surface area contributed by atoms with Gasteiger partial charge in [-0.3, -0.25) is 0 Å². The second kappa shape index (κ2) is 5.67. The van der Waals surface area contributed by atoms with Crippen LogP contribution < -0.4 is 0 Å². The van der Waals surface area contributed by atoms with E-state index in [-0.39, 0.29) is 5.34 Å². The zero-order valence-corrected chi connectivity index (χ0v) is 11.1. The summed E-state index contributed by atoms with van der Waals surface area (Å²) < 4.78 is 5.78. The first-order chi connectivity index (χ1) is 8.56. The van der Waals surface area contributed by atoms with E-state index < -0.39 is 0 Å². The Morgan fingerprint density at radius 3 is 3.00 bits per heavy atom. The molecule has 1 fully saturated rings. The van der Waals surface area contributed by atoms with Crippen LogP contribution in [-0.2, 0) is 11.3 Å². The van der Waals surface area contributed by atoms with Gasteiger partial charge < -0.3 is 14.5 Å². The van der Waals surface area contributed by atoms with Crippen molar-refractivity contribution in [3.63, 3.8) is 0 Å². The normalized spacial score (nSPS) is 18.6. The van der Waals surface area contributed by atoms with Gasteiger partial charge in [-0.2, -0.15) is 0 Å².